The van der Waals surface area contributed by atoms with Crippen LogP contribution in [0.25, 0.3) is 10.6 Å². The van der Waals surface area contributed by atoms with Gasteiger partial charge in [0.15, 0.2) is 0 Å². The number of aryl methyl sites for hydroxylation is 1. The predicted octanol–water partition coefficient (Wildman–Crippen LogP) is 4.39. The van der Waals surface area contributed by atoms with Crippen LogP contribution in [0.5, 0.6) is 0 Å². The Morgan fingerprint density at radius 2 is 2.00 bits per heavy atom. The number of aromatic nitrogens is 1. The number of alkyl halides is 3. The lowest BCUT2D eigenvalue weighted by molar-refractivity contribution is -0.137. The lowest BCUT2D eigenvalue weighted by Gasteiger charge is -2.08. The average Bonchev–Trinajstić information content (AvgIpc) is 2.76. The normalized spacial score (nSPS) is 11.9. The molecule has 0 unspecified atom stereocenters. The van der Waals surface area contributed by atoms with Crippen molar-refractivity contribution in [1.29, 1.82) is 0 Å². The molecule has 0 atom stereocenters. The average molecular weight is 318 g/mol. The Morgan fingerprint density at radius 3 is 2.62 bits per heavy atom. The fourth-order valence-corrected chi connectivity index (χ4v) is 2.86. The summed E-state index contributed by atoms with van der Waals surface area (Å²) in [6.45, 7) is 5.05. The van der Waals surface area contributed by atoms with Crippen LogP contribution in [0.4, 0.5) is 17.6 Å². The minimum Gasteiger partial charge on any atom is -0.312 e. The molecule has 0 aliphatic heterocycles. The molecule has 7 heteroatoms. The van der Waals surface area contributed by atoms with Gasteiger partial charge in [0.1, 0.15) is 10.8 Å². The summed E-state index contributed by atoms with van der Waals surface area (Å²) in [6.07, 6.45) is -4.50. The number of rotatable bonds is 4. The Bertz CT molecular complexity index is 634. The minimum absolute atomic E-state index is 0.110. The first-order valence-corrected chi connectivity index (χ1v) is 7.18. The highest BCUT2D eigenvalue weighted by Gasteiger charge is 2.31. The van der Waals surface area contributed by atoms with Gasteiger partial charge in [0.2, 0.25) is 0 Å². The molecule has 0 aliphatic carbocycles. The molecule has 21 heavy (non-hydrogen) atoms. The summed E-state index contributed by atoms with van der Waals surface area (Å²) in [5, 5.41) is 3.38. The van der Waals surface area contributed by atoms with Crippen molar-refractivity contribution >= 4 is 11.3 Å². The number of nitrogens with zero attached hydrogens (tertiary/aromatic N) is 1. The van der Waals surface area contributed by atoms with Gasteiger partial charge in [-0.2, -0.15) is 13.2 Å². The largest absolute Gasteiger partial charge is 0.416 e. The van der Waals surface area contributed by atoms with Gasteiger partial charge in [0.25, 0.3) is 0 Å². The van der Waals surface area contributed by atoms with Gasteiger partial charge in [0.05, 0.1) is 11.3 Å². The van der Waals surface area contributed by atoms with Gasteiger partial charge in [-0.05, 0) is 31.7 Å². The van der Waals surface area contributed by atoms with Gasteiger partial charge in [-0.1, -0.05) is 6.92 Å². The standard InChI is InChI=1S/C14H14F4N2S/c1-3-19-7-12-8(2)20-13(21-12)10-6-9(14(16,17)18)4-5-11(10)15/h4-6,19H,3,7H2,1-2H3. The maximum absolute atomic E-state index is 13.8. The first-order valence-electron chi connectivity index (χ1n) is 6.37. The highest BCUT2D eigenvalue weighted by Crippen LogP contribution is 2.35. The summed E-state index contributed by atoms with van der Waals surface area (Å²) in [7, 11) is 0. The zero-order valence-corrected chi connectivity index (χ0v) is 12.3. The summed E-state index contributed by atoms with van der Waals surface area (Å²) >= 11 is 1.21. The lowest BCUT2D eigenvalue weighted by atomic mass is 10.1. The third kappa shape index (κ3) is 3.59. The Hall–Kier alpha value is -1.47. The van der Waals surface area contributed by atoms with Crippen LogP contribution in [-0.2, 0) is 12.7 Å². The second-order valence-corrected chi connectivity index (χ2v) is 5.58. The third-order valence-corrected chi connectivity index (χ3v) is 4.14. The molecule has 2 rings (SSSR count). The third-order valence-electron chi connectivity index (χ3n) is 2.95. The SMILES string of the molecule is CCNCc1sc(-c2cc(C(F)(F)F)ccc2F)nc1C. The van der Waals surface area contributed by atoms with Gasteiger partial charge in [-0.3, -0.25) is 0 Å². The van der Waals surface area contributed by atoms with Crippen molar-refractivity contribution in [3.8, 4) is 10.6 Å². The summed E-state index contributed by atoms with van der Waals surface area (Å²) < 4.78 is 52.0. The Labute approximate surface area is 123 Å². The molecular formula is C14H14F4N2S. The topological polar surface area (TPSA) is 24.9 Å². The molecule has 1 heterocycles. The van der Waals surface area contributed by atoms with Gasteiger partial charge in [-0.15, -0.1) is 11.3 Å². The summed E-state index contributed by atoms with van der Waals surface area (Å²) in [5.41, 5.74) is -0.284. The van der Waals surface area contributed by atoms with Crippen LogP contribution < -0.4 is 5.32 Å². The molecule has 1 aromatic heterocycles. The second kappa shape index (κ2) is 6.11. The van der Waals surface area contributed by atoms with E-state index in [0.717, 1.165) is 29.6 Å². The molecule has 2 aromatic rings. The van der Waals surface area contributed by atoms with E-state index in [1.165, 1.54) is 11.3 Å². The van der Waals surface area contributed by atoms with Crippen molar-refractivity contribution in [3.63, 3.8) is 0 Å². The molecule has 0 saturated carbocycles. The van der Waals surface area contributed by atoms with Crippen LogP contribution in [0.15, 0.2) is 18.2 Å². The van der Waals surface area contributed by atoms with Crippen LogP contribution in [0, 0.1) is 12.7 Å². The molecule has 1 N–H and O–H groups in total. The van der Waals surface area contributed by atoms with E-state index in [-0.39, 0.29) is 10.6 Å². The molecule has 1 aromatic carbocycles. The summed E-state index contributed by atoms with van der Waals surface area (Å²) in [6, 6.07) is 2.38. The highest BCUT2D eigenvalue weighted by atomic mass is 32.1. The first-order chi connectivity index (χ1) is 9.82. The molecule has 2 nitrogen and oxygen atoms in total. The monoisotopic (exact) mass is 318 g/mol. The Balaban J connectivity index is 2.42. The highest BCUT2D eigenvalue weighted by molar-refractivity contribution is 7.15. The number of benzene rings is 1. The summed E-state index contributed by atoms with van der Waals surface area (Å²) in [5.74, 6) is -0.702. The van der Waals surface area contributed by atoms with Crippen LogP contribution in [-0.4, -0.2) is 11.5 Å². The number of nitrogens with one attached hydrogen (secondary N) is 1. The van der Waals surface area contributed by atoms with Gasteiger partial charge < -0.3 is 5.32 Å². The lowest BCUT2D eigenvalue weighted by Crippen LogP contribution is -2.11. The second-order valence-electron chi connectivity index (χ2n) is 4.50. The molecule has 0 amide bonds. The van der Waals surface area contributed by atoms with E-state index in [0.29, 0.717) is 12.2 Å². The number of halogens is 4. The van der Waals surface area contributed by atoms with E-state index < -0.39 is 17.6 Å². The fraction of sp³-hybridized carbons (Fsp3) is 0.357. The molecule has 114 valence electrons. The molecular weight excluding hydrogens is 304 g/mol. The van der Waals surface area contributed by atoms with Crippen molar-refractivity contribution in [3.05, 3.63) is 40.2 Å². The molecule has 0 radical (unpaired) electrons. The summed E-state index contributed by atoms with van der Waals surface area (Å²) in [4.78, 5) is 5.08. The van der Waals surface area contributed by atoms with E-state index in [2.05, 4.69) is 10.3 Å². The minimum atomic E-state index is -4.50. The first kappa shape index (κ1) is 15.9. The van der Waals surface area contributed by atoms with Crippen molar-refractivity contribution in [1.82, 2.24) is 10.3 Å². The number of thiazole rings is 1. The predicted molar refractivity (Wildman–Crippen MR) is 74.6 cm³/mol. The van der Waals surface area contributed by atoms with Crippen LogP contribution in [0.3, 0.4) is 0 Å². The van der Waals surface area contributed by atoms with Crippen molar-refractivity contribution in [2.45, 2.75) is 26.6 Å². The van der Waals surface area contributed by atoms with Crippen molar-refractivity contribution < 1.29 is 17.6 Å². The maximum atomic E-state index is 13.8. The zero-order chi connectivity index (χ0) is 15.6. The van der Waals surface area contributed by atoms with E-state index in [4.69, 9.17) is 0 Å². The number of hydrogen-bond donors (Lipinski definition) is 1. The van der Waals surface area contributed by atoms with Gasteiger partial charge in [0, 0.05) is 17.0 Å². The van der Waals surface area contributed by atoms with Crippen molar-refractivity contribution in [2.24, 2.45) is 0 Å². The molecule has 0 bridgehead atoms. The zero-order valence-electron chi connectivity index (χ0n) is 11.5. The fourth-order valence-electron chi connectivity index (χ4n) is 1.81. The van der Waals surface area contributed by atoms with E-state index >= 15 is 0 Å². The number of hydrogen-bond acceptors (Lipinski definition) is 3. The Morgan fingerprint density at radius 1 is 1.29 bits per heavy atom. The van der Waals surface area contributed by atoms with Gasteiger partial charge >= 0.3 is 6.18 Å². The smallest absolute Gasteiger partial charge is 0.312 e. The Kier molecular flexibility index (Phi) is 4.63. The maximum Gasteiger partial charge on any atom is 0.416 e. The quantitative estimate of drug-likeness (QED) is 0.846. The van der Waals surface area contributed by atoms with E-state index in [1.54, 1.807) is 6.92 Å². The van der Waals surface area contributed by atoms with Crippen LogP contribution in [0.1, 0.15) is 23.1 Å². The molecule has 0 saturated heterocycles. The van der Waals surface area contributed by atoms with Crippen molar-refractivity contribution in [2.75, 3.05) is 6.54 Å². The van der Waals surface area contributed by atoms with Crippen LogP contribution >= 0.6 is 11.3 Å². The van der Waals surface area contributed by atoms with Gasteiger partial charge in [-0.25, -0.2) is 9.37 Å². The van der Waals surface area contributed by atoms with E-state index in [9.17, 15) is 17.6 Å². The molecule has 0 spiro atoms. The van der Waals surface area contributed by atoms with Crippen LogP contribution in [0.2, 0.25) is 0 Å². The molecule has 0 fully saturated rings. The van der Waals surface area contributed by atoms with E-state index in [1.807, 2.05) is 6.92 Å². The molecule has 0 aliphatic rings.